The van der Waals surface area contributed by atoms with Crippen molar-refractivity contribution in [1.82, 2.24) is 5.43 Å². The van der Waals surface area contributed by atoms with Crippen molar-refractivity contribution in [2.75, 3.05) is 17.1 Å². The molecule has 0 radical (unpaired) electrons. The number of amides is 1. The van der Waals surface area contributed by atoms with Gasteiger partial charge in [-0.05, 0) is 37.5 Å². The zero-order valence-corrected chi connectivity index (χ0v) is 16.2. The minimum Gasteiger partial charge on any atom is -0.271 e. The highest BCUT2D eigenvalue weighted by Crippen LogP contribution is 2.26. The van der Waals surface area contributed by atoms with Gasteiger partial charge < -0.3 is 0 Å². The number of hydrazone groups is 1. The van der Waals surface area contributed by atoms with Crippen molar-refractivity contribution in [2.24, 2.45) is 5.10 Å². The number of para-hydroxylation sites is 1. The smallest absolute Gasteiger partial charge is 0.260 e. The lowest BCUT2D eigenvalue weighted by Crippen LogP contribution is -2.39. The van der Waals surface area contributed by atoms with Crippen LogP contribution in [-0.4, -0.2) is 33.3 Å². The van der Waals surface area contributed by atoms with E-state index >= 15 is 0 Å². The molecule has 7 heteroatoms. The molecular weight excluding hydrogens is 350 g/mol. The third-order valence-corrected chi connectivity index (χ3v) is 4.93. The first kappa shape index (κ1) is 19.7. The van der Waals surface area contributed by atoms with Crippen LogP contribution in [0.5, 0.6) is 0 Å². The summed E-state index contributed by atoms with van der Waals surface area (Å²) in [5.74, 6) is -0.512. The van der Waals surface area contributed by atoms with Crippen LogP contribution in [0.2, 0.25) is 0 Å². The maximum atomic E-state index is 12.2. The van der Waals surface area contributed by atoms with Crippen LogP contribution in [0.25, 0.3) is 0 Å². The maximum absolute atomic E-state index is 12.2. The second kappa shape index (κ2) is 8.14. The lowest BCUT2D eigenvalue weighted by atomic mass is 10.1. The van der Waals surface area contributed by atoms with E-state index in [0.717, 1.165) is 32.8 Å². The van der Waals surface area contributed by atoms with Gasteiger partial charge in [-0.15, -0.1) is 0 Å². The topological polar surface area (TPSA) is 78.8 Å². The summed E-state index contributed by atoms with van der Waals surface area (Å²) in [7, 11) is -3.62. The normalized spacial score (nSPS) is 11.5. The van der Waals surface area contributed by atoms with Crippen LogP contribution < -0.4 is 9.73 Å². The highest BCUT2D eigenvalue weighted by molar-refractivity contribution is 7.92. The van der Waals surface area contributed by atoms with E-state index in [9.17, 15) is 13.2 Å². The maximum Gasteiger partial charge on any atom is 0.260 e. The molecule has 1 N–H and O–H groups in total. The van der Waals surface area contributed by atoms with Crippen LogP contribution in [0.15, 0.2) is 47.6 Å². The number of aryl methyl sites for hydroxylation is 3. The summed E-state index contributed by atoms with van der Waals surface area (Å²) in [6.07, 6.45) is 2.61. The molecule has 2 rings (SSSR count). The van der Waals surface area contributed by atoms with Gasteiger partial charge in [-0.25, -0.2) is 13.8 Å². The number of rotatable bonds is 6. The number of nitrogens with zero attached hydrogens (tertiary/aromatic N) is 2. The van der Waals surface area contributed by atoms with Crippen molar-refractivity contribution in [1.29, 1.82) is 0 Å². The number of anilines is 1. The molecule has 6 nitrogen and oxygen atoms in total. The highest BCUT2D eigenvalue weighted by Gasteiger charge is 2.23. The Balaban J connectivity index is 2.15. The predicted molar refractivity (Wildman–Crippen MR) is 105 cm³/mol. The second-order valence-electron chi connectivity index (χ2n) is 6.22. The summed E-state index contributed by atoms with van der Waals surface area (Å²) in [6.45, 7) is 5.25. The zero-order valence-electron chi connectivity index (χ0n) is 15.4. The molecule has 0 aliphatic carbocycles. The monoisotopic (exact) mass is 373 g/mol. The molecule has 0 aromatic heterocycles. The summed E-state index contributed by atoms with van der Waals surface area (Å²) in [6, 6.07) is 13.1. The molecule has 0 unspecified atom stereocenters. The van der Waals surface area contributed by atoms with Crippen molar-refractivity contribution in [2.45, 2.75) is 20.8 Å². The first-order valence-corrected chi connectivity index (χ1v) is 9.96. The minimum atomic E-state index is -3.62. The SMILES string of the molecule is Cc1cccc(/C=N\NC(=O)CN(c2c(C)cccc2C)S(C)(=O)=O)c1. The van der Waals surface area contributed by atoms with Crippen LogP contribution in [0, 0.1) is 20.8 Å². The number of sulfonamides is 1. The molecule has 0 atom stereocenters. The Morgan fingerprint density at radius 1 is 1.12 bits per heavy atom. The van der Waals surface area contributed by atoms with Gasteiger partial charge >= 0.3 is 0 Å². The molecule has 0 aliphatic heterocycles. The van der Waals surface area contributed by atoms with E-state index in [1.165, 1.54) is 6.21 Å². The lowest BCUT2D eigenvalue weighted by Gasteiger charge is -2.25. The van der Waals surface area contributed by atoms with E-state index in [1.807, 2.05) is 63.2 Å². The Morgan fingerprint density at radius 3 is 2.31 bits per heavy atom. The van der Waals surface area contributed by atoms with Gasteiger partial charge in [-0.1, -0.05) is 48.0 Å². The Morgan fingerprint density at radius 2 is 1.73 bits per heavy atom. The van der Waals surface area contributed by atoms with Gasteiger partial charge in [0.1, 0.15) is 6.54 Å². The molecule has 0 bridgehead atoms. The predicted octanol–water partition coefficient (Wildman–Crippen LogP) is 2.53. The minimum absolute atomic E-state index is 0.338. The van der Waals surface area contributed by atoms with Gasteiger partial charge in [0, 0.05) is 0 Å². The number of carbonyl (C=O) groups excluding carboxylic acids is 1. The van der Waals surface area contributed by atoms with Crippen LogP contribution in [-0.2, 0) is 14.8 Å². The Hall–Kier alpha value is -2.67. The van der Waals surface area contributed by atoms with Gasteiger partial charge in [-0.3, -0.25) is 9.10 Å². The summed E-state index contributed by atoms with van der Waals surface area (Å²) in [5.41, 5.74) is 6.40. The van der Waals surface area contributed by atoms with Crippen molar-refractivity contribution in [3.8, 4) is 0 Å². The number of hydrogen-bond donors (Lipinski definition) is 1. The fraction of sp³-hybridized carbons (Fsp3) is 0.263. The lowest BCUT2D eigenvalue weighted by molar-refractivity contribution is -0.119. The van der Waals surface area contributed by atoms with Crippen molar-refractivity contribution >= 4 is 27.8 Å². The van der Waals surface area contributed by atoms with Gasteiger partial charge in [0.05, 0.1) is 18.2 Å². The second-order valence-corrected chi connectivity index (χ2v) is 8.12. The van der Waals surface area contributed by atoms with E-state index < -0.39 is 15.9 Å². The quantitative estimate of drug-likeness (QED) is 0.624. The Bertz CT molecular complexity index is 917. The fourth-order valence-corrected chi connectivity index (χ4v) is 3.63. The molecule has 138 valence electrons. The van der Waals surface area contributed by atoms with Gasteiger partial charge in [0.25, 0.3) is 5.91 Å². The molecule has 0 saturated heterocycles. The van der Waals surface area contributed by atoms with Gasteiger partial charge in [0.15, 0.2) is 0 Å². The summed E-state index contributed by atoms with van der Waals surface area (Å²) in [5, 5.41) is 3.91. The zero-order chi connectivity index (χ0) is 19.3. The average Bonchev–Trinajstić information content (AvgIpc) is 2.53. The number of carbonyl (C=O) groups is 1. The summed E-state index contributed by atoms with van der Waals surface area (Å²) in [4.78, 5) is 12.2. The van der Waals surface area contributed by atoms with E-state index in [4.69, 9.17) is 0 Å². The average molecular weight is 373 g/mol. The molecule has 0 saturated carbocycles. The van der Waals surface area contributed by atoms with E-state index in [0.29, 0.717) is 5.69 Å². The molecule has 0 heterocycles. The first-order valence-electron chi connectivity index (χ1n) is 8.11. The van der Waals surface area contributed by atoms with Gasteiger partial charge in [-0.2, -0.15) is 5.10 Å². The van der Waals surface area contributed by atoms with E-state index in [1.54, 1.807) is 0 Å². The van der Waals surface area contributed by atoms with Crippen LogP contribution in [0.1, 0.15) is 22.3 Å². The van der Waals surface area contributed by atoms with Gasteiger partial charge in [0.2, 0.25) is 10.0 Å². The van der Waals surface area contributed by atoms with Crippen molar-refractivity contribution in [3.05, 3.63) is 64.7 Å². The van der Waals surface area contributed by atoms with Crippen LogP contribution >= 0.6 is 0 Å². The molecule has 0 aliphatic rings. The van der Waals surface area contributed by atoms with E-state index in [-0.39, 0.29) is 6.54 Å². The molecule has 26 heavy (non-hydrogen) atoms. The number of hydrogen-bond acceptors (Lipinski definition) is 4. The first-order chi connectivity index (χ1) is 12.2. The fourth-order valence-electron chi connectivity index (χ4n) is 2.66. The van der Waals surface area contributed by atoms with Crippen molar-refractivity contribution in [3.63, 3.8) is 0 Å². The molecule has 2 aromatic carbocycles. The Kier molecular flexibility index (Phi) is 6.15. The molecule has 1 amide bonds. The third kappa shape index (κ3) is 5.16. The highest BCUT2D eigenvalue weighted by atomic mass is 32.2. The summed E-state index contributed by atoms with van der Waals surface area (Å²) >= 11 is 0. The third-order valence-electron chi connectivity index (χ3n) is 3.82. The molecule has 0 spiro atoms. The molecule has 0 fully saturated rings. The Labute approximate surface area is 154 Å². The van der Waals surface area contributed by atoms with Crippen LogP contribution in [0.4, 0.5) is 5.69 Å². The van der Waals surface area contributed by atoms with E-state index in [2.05, 4.69) is 10.5 Å². The van der Waals surface area contributed by atoms with Crippen LogP contribution in [0.3, 0.4) is 0 Å². The largest absolute Gasteiger partial charge is 0.271 e. The molecular formula is C19H23N3O3S. The van der Waals surface area contributed by atoms with Crippen molar-refractivity contribution < 1.29 is 13.2 Å². The number of benzene rings is 2. The number of nitrogens with one attached hydrogen (secondary N) is 1. The molecule has 2 aromatic rings. The standard InChI is InChI=1S/C19H23N3O3S/c1-14-7-5-10-17(11-14)12-20-21-18(23)13-22(26(4,24)25)19-15(2)8-6-9-16(19)3/h5-12H,13H2,1-4H3,(H,21,23)/b20-12-. The summed E-state index contributed by atoms with van der Waals surface area (Å²) < 4.78 is 25.5.